The van der Waals surface area contributed by atoms with E-state index in [4.69, 9.17) is 32.9 Å². The molecule has 3 heterocycles. The summed E-state index contributed by atoms with van der Waals surface area (Å²) in [4.78, 5) is 25.3. The topological polar surface area (TPSA) is 53.8 Å². The number of imidazole rings is 1. The molecule has 9 heteroatoms. The highest BCUT2D eigenvalue weighted by atomic mass is 35.5. The van der Waals surface area contributed by atoms with Gasteiger partial charge in [-0.15, -0.1) is 0 Å². The van der Waals surface area contributed by atoms with Crippen LogP contribution < -0.4 is 9.64 Å². The Balaban J connectivity index is 1.12. The van der Waals surface area contributed by atoms with Crippen molar-refractivity contribution in [2.24, 2.45) is 5.92 Å². The van der Waals surface area contributed by atoms with E-state index in [-0.39, 0.29) is 11.8 Å². The molecule has 0 aliphatic carbocycles. The van der Waals surface area contributed by atoms with Crippen molar-refractivity contribution in [3.05, 3.63) is 88.2 Å². The summed E-state index contributed by atoms with van der Waals surface area (Å²) in [7, 11) is 1.68. The number of piperazine rings is 1. The zero-order chi connectivity index (χ0) is 28.3. The van der Waals surface area contributed by atoms with Crippen LogP contribution in [0.5, 0.6) is 5.75 Å². The van der Waals surface area contributed by atoms with Crippen molar-refractivity contribution in [1.82, 2.24) is 19.4 Å². The number of nitrogens with zero attached hydrogens (tertiary/aromatic N) is 5. The van der Waals surface area contributed by atoms with Gasteiger partial charge in [0.25, 0.3) is 0 Å². The molecule has 2 fully saturated rings. The van der Waals surface area contributed by atoms with E-state index in [1.165, 1.54) is 5.56 Å². The van der Waals surface area contributed by atoms with E-state index in [0.717, 1.165) is 80.4 Å². The fourth-order valence-electron chi connectivity index (χ4n) is 6.10. The lowest BCUT2D eigenvalue weighted by molar-refractivity contribution is -0.137. The maximum Gasteiger partial charge on any atom is 0.227 e. The summed E-state index contributed by atoms with van der Waals surface area (Å²) >= 11 is 12.7. The number of halogens is 2. The lowest BCUT2D eigenvalue weighted by atomic mass is 9.96. The van der Waals surface area contributed by atoms with Gasteiger partial charge in [-0.2, -0.15) is 0 Å². The molecule has 7 nitrogen and oxygen atoms in total. The highest BCUT2D eigenvalue weighted by Crippen LogP contribution is 2.33. The number of hydrogen-bond donors (Lipinski definition) is 0. The van der Waals surface area contributed by atoms with Crippen LogP contribution in [0.4, 0.5) is 5.69 Å². The highest BCUT2D eigenvalue weighted by molar-refractivity contribution is 6.43. The molecule has 0 N–H and O–H groups in total. The maximum absolute atomic E-state index is 13.6. The molecular weight excluding hydrogens is 557 g/mol. The molecule has 214 valence electrons. The summed E-state index contributed by atoms with van der Waals surface area (Å²) in [5.74, 6) is 2.15. The number of carbonyl (C=O) groups is 1. The van der Waals surface area contributed by atoms with E-state index in [1.54, 1.807) is 13.2 Å². The Kier molecular flexibility index (Phi) is 8.37. The average molecular weight is 593 g/mol. The Morgan fingerprint density at radius 1 is 0.927 bits per heavy atom. The molecule has 1 amide bonds. The average Bonchev–Trinajstić information content (AvgIpc) is 3.35. The number of ether oxygens (including phenoxy) is 1. The number of likely N-dealkylation sites (tertiary alicyclic amines) is 1. The van der Waals surface area contributed by atoms with E-state index in [2.05, 4.69) is 44.7 Å². The van der Waals surface area contributed by atoms with Crippen molar-refractivity contribution >= 4 is 45.8 Å². The number of piperidine rings is 1. The maximum atomic E-state index is 13.6. The molecule has 4 aromatic rings. The van der Waals surface area contributed by atoms with Gasteiger partial charge < -0.3 is 19.1 Å². The van der Waals surface area contributed by atoms with Gasteiger partial charge in [-0.1, -0.05) is 53.5 Å². The summed E-state index contributed by atoms with van der Waals surface area (Å²) < 4.78 is 7.65. The van der Waals surface area contributed by atoms with Gasteiger partial charge in [0.2, 0.25) is 5.91 Å². The van der Waals surface area contributed by atoms with Crippen LogP contribution in [0.3, 0.4) is 0 Å². The zero-order valence-corrected chi connectivity index (χ0v) is 24.8. The standard InChI is InChI=1S/C32H35Cl2N5O2/c1-41-25-13-11-23(12-14-25)20-39-28-9-3-2-8-27(28)35-30(39)22-36-15-5-6-24(21-36)32(40)38-18-16-37(17-19-38)29-10-4-7-26(33)31(29)34/h2-4,7-14,24H,5-6,15-22H2,1H3/t24-/m1/s1. The second-order valence-corrected chi connectivity index (χ2v) is 11.7. The SMILES string of the molecule is COc1ccc(Cn2c(CN3CCC[C@@H](C(=O)N4CCN(c5cccc(Cl)c5Cl)CC4)C3)nc3ccccc32)cc1. The van der Waals surface area contributed by atoms with Gasteiger partial charge in [-0.25, -0.2) is 4.98 Å². The van der Waals surface area contributed by atoms with Crippen LogP contribution in [-0.2, 0) is 17.9 Å². The first kappa shape index (κ1) is 27.9. The Morgan fingerprint density at radius 3 is 2.49 bits per heavy atom. The Hall–Kier alpha value is -3.26. The van der Waals surface area contributed by atoms with E-state index >= 15 is 0 Å². The van der Waals surface area contributed by atoms with Gasteiger partial charge in [-0.05, 0) is 61.3 Å². The van der Waals surface area contributed by atoms with Crippen molar-refractivity contribution in [3.8, 4) is 5.75 Å². The molecule has 2 aliphatic heterocycles. The Labute approximate surface area is 251 Å². The minimum Gasteiger partial charge on any atom is -0.497 e. The molecule has 0 bridgehead atoms. The van der Waals surface area contributed by atoms with Crippen LogP contribution >= 0.6 is 23.2 Å². The van der Waals surface area contributed by atoms with Crippen LogP contribution in [0.2, 0.25) is 10.0 Å². The van der Waals surface area contributed by atoms with Crippen LogP contribution in [0.1, 0.15) is 24.2 Å². The van der Waals surface area contributed by atoms with Crippen molar-refractivity contribution in [2.75, 3.05) is 51.3 Å². The third-order valence-corrected chi connectivity index (χ3v) is 9.13. The molecule has 1 aromatic heterocycles. The van der Waals surface area contributed by atoms with Crippen molar-refractivity contribution in [2.45, 2.75) is 25.9 Å². The molecule has 0 saturated carbocycles. The first-order chi connectivity index (χ1) is 20.0. The van der Waals surface area contributed by atoms with Gasteiger partial charge in [-0.3, -0.25) is 9.69 Å². The van der Waals surface area contributed by atoms with Crippen molar-refractivity contribution in [1.29, 1.82) is 0 Å². The zero-order valence-electron chi connectivity index (χ0n) is 23.3. The molecular formula is C32H35Cl2N5O2. The summed E-state index contributed by atoms with van der Waals surface area (Å²) in [5, 5.41) is 1.14. The van der Waals surface area contributed by atoms with Gasteiger partial charge in [0.15, 0.2) is 0 Å². The Morgan fingerprint density at radius 2 is 1.71 bits per heavy atom. The number of carbonyl (C=O) groups excluding carboxylic acids is 1. The molecule has 2 saturated heterocycles. The molecule has 0 radical (unpaired) electrons. The van der Waals surface area contributed by atoms with Crippen LogP contribution in [0.15, 0.2) is 66.7 Å². The lowest BCUT2D eigenvalue weighted by Gasteiger charge is -2.40. The third kappa shape index (κ3) is 6.03. The van der Waals surface area contributed by atoms with Crippen molar-refractivity contribution in [3.63, 3.8) is 0 Å². The summed E-state index contributed by atoms with van der Waals surface area (Å²) in [6, 6.07) is 22.2. The summed E-state index contributed by atoms with van der Waals surface area (Å²) in [6.07, 6.45) is 1.94. The largest absolute Gasteiger partial charge is 0.497 e. The molecule has 1 atom stereocenters. The second kappa shape index (κ2) is 12.3. The predicted molar refractivity (Wildman–Crippen MR) is 165 cm³/mol. The minimum atomic E-state index is 0.00414. The molecule has 0 unspecified atom stereocenters. The fraction of sp³-hybridized carbons (Fsp3) is 0.375. The third-order valence-electron chi connectivity index (χ3n) is 8.32. The number of rotatable bonds is 7. The molecule has 0 spiro atoms. The Bertz CT molecular complexity index is 1510. The molecule has 6 rings (SSSR count). The number of anilines is 1. The normalized spacial score (nSPS) is 18.2. The number of fused-ring (bicyclic) bond motifs is 1. The lowest BCUT2D eigenvalue weighted by Crippen LogP contribution is -2.52. The smallest absolute Gasteiger partial charge is 0.227 e. The van der Waals surface area contributed by atoms with Crippen LogP contribution in [-0.4, -0.2) is 71.6 Å². The van der Waals surface area contributed by atoms with Crippen LogP contribution in [0, 0.1) is 5.92 Å². The number of aromatic nitrogens is 2. The molecule has 3 aromatic carbocycles. The minimum absolute atomic E-state index is 0.00414. The second-order valence-electron chi connectivity index (χ2n) is 10.9. The summed E-state index contributed by atoms with van der Waals surface area (Å²) in [5.41, 5.74) is 4.26. The van der Waals surface area contributed by atoms with E-state index in [0.29, 0.717) is 23.1 Å². The number of amides is 1. The number of hydrogen-bond acceptors (Lipinski definition) is 5. The number of methoxy groups -OCH3 is 1. The summed E-state index contributed by atoms with van der Waals surface area (Å²) in [6.45, 7) is 6.05. The molecule has 41 heavy (non-hydrogen) atoms. The van der Waals surface area contributed by atoms with E-state index in [9.17, 15) is 4.79 Å². The quantitative estimate of drug-likeness (QED) is 0.265. The van der Waals surface area contributed by atoms with Gasteiger partial charge in [0.1, 0.15) is 11.6 Å². The van der Waals surface area contributed by atoms with E-state index in [1.807, 2.05) is 35.2 Å². The van der Waals surface area contributed by atoms with Gasteiger partial charge >= 0.3 is 0 Å². The van der Waals surface area contributed by atoms with Gasteiger partial charge in [0.05, 0.1) is 46.3 Å². The fourth-order valence-corrected chi connectivity index (χ4v) is 6.51. The predicted octanol–water partition coefficient (Wildman–Crippen LogP) is 5.96. The monoisotopic (exact) mass is 591 g/mol. The van der Waals surface area contributed by atoms with E-state index < -0.39 is 0 Å². The number of para-hydroxylation sites is 2. The molecule has 2 aliphatic rings. The highest BCUT2D eigenvalue weighted by Gasteiger charge is 2.32. The number of benzene rings is 3. The first-order valence-corrected chi connectivity index (χ1v) is 15.0. The van der Waals surface area contributed by atoms with Gasteiger partial charge in [0, 0.05) is 39.3 Å². The first-order valence-electron chi connectivity index (χ1n) is 14.3. The van der Waals surface area contributed by atoms with Crippen LogP contribution in [0.25, 0.3) is 11.0 Å². The van der Waals surface area contributed by atoms with Crippen molar-refractivity contribution < 1.29 is 9.53 Å².